The maximum atomic E-state index is 12.5. The molecule has 3 rings (SSSR count). The van der Waals surface area contributed by atoms with Crippen molar-refractivity contribution in [3.05, 3.63) is 53.5 Å². The van der Waals surface area contributed by atoms with E-state index in [0.29, 0.717) is 16.9 Å². The molecule has 1 N–H and O–H groups in total. The SMILES string of the molecule is CCS(=O)(=O)c1nnc(NC(=O)/C(C#N)=C\c2ccc(OC(=O)c3ccco3)c(OC)c2)s1. The van der Waals surface area contributed by atoms with Crippen LogP contribution in [-0.4, -0.2) is 43.4 Å². The molecule has 2 aromatic heterocycles. The van der Waals surface area contributed by atoms with E-state index < -0.39 is 21.7 Å². The number of anilines is 1. The van der Waals surface area contributed by atoms with Gasteiger partial charge in [0, 0.05) is 0 Å². The smallest absolute Gasteiger partial charge is 0.379 e. The molecule has 33 heavy (non-hydrogen) atoms. The molecule has 0 unspecified atom stereocenters. The summed E-state index contributed by atoms with van der Waals surface area (Å²) in [4.78, 5) is 24.5. The Morgan fingerprint density at radius 3 is 2.70 bits per heavy atom. The van der Waals surface area contributed by atoms with Crippen LogP contribution >= 0.6 is 11.3 Å². The first kappa shape index (κ1) is 23.6. The van der Waals surface area contributed by atoms with E-state index >= 15 is 0 Å². The molecule has 0 radical (unpaired) electrons. The number of carbonyl (C=O) groups excluding carboxylic acids is 2. The number of hydrogen-bond acceptors (Lipinski definition) is 11. The number of sulfone groups is 1. The molecule has 1 amide bonds. The lowest BCUT2D eigenvalue weighted by molar-refractivity contribution is -0.112. The summed E-state index contributed by atoms with van der Waals surface area (Å²) >= 11 is 0.685. The normalized spacial score (nSPS) is 11.5. The van der Waals surface area contributed by atoms with Crippen LogP contribution in [0.25, 0.3) is 6.08 Å². The molecule has 0 aliphatic rings. The van der Waals surface area contributed by atoms with Crippen molar-refractivity contribution >= 4 is 44.3 Å². The van der Waals surface area contributed by atoms with Gasteiger partial charge < -0.3 is 13.9 Å². The van der Waals surface area contributed by atoms with Gasteiger partial charge in [-0.15, -0.1) is 10.2 Å². The molecule has 2 heterocycles. The third-order valence-corrected chi connectivity index (χ3v) is 7.08. The number of hydrogen-bond donors (Lipinski definition) is 1. The summed E-state index contributed by atoms with van der Waals surface area (Å²) in [5, 5.41) is 18.9. The minimum atomic E-state index is -3.56. The van der Waals surface area contributed by atoms with Gasteiger partial charge >= 0.3 is 5.97 Å². The standard InChI is InChI=1S/C20H16N4O7S2/c1-3-33(27,28)20-24-23-19(32-20)22-17(25)13(11-21)9-12-6-7-14(16(10-12)29-2)31-18(26)15-5-4-8-30-15/h4-10H,3H2,1-2H3,(H,22,23,25)/b13-9-. The Kier molecular flexibility index (Phi) is 7.21. The fourth-order valence-corrected chi connectivity index (χ4v) is 4.38. The predicted octanol–water partition coefficient (Wildman–Crippen LogP) is 2.70. The second-order valence-corrected chi connectivity index (χ2v) is 9.61. The van der Waals surface area contributed by atoms with Gasteiger partial charge in [-0.3, -0.25) is 10.1 Å². The number of rotatable bonds is 8. The summed E-state index contributed by atoms with van der Waals surface area (Å²) in [5.74, 6) is -1.39. The summed E-state index contributed by atoms with van der Waals surface area (Å²) in [5.41, 5.74) is 0.121. The summed E-state index contributed by atoms with van der Waals surface area (Å²) in [6.45, 7) is 1.46. The highest BCUT2D eigenvalue weighted by molar-refractivity contribution is 7.93. The number of benzene rings is 1. The summed E-state index contributed by atoms with van der Waals surface area (Å²) in [6.07, 6.45) is 2.61. The van der Waals surface area contributed by atoms with Gasteiger partial charge in [0.15, 0.2) is 11.5 Å². The number of nitriles is 1. The predicted molar refractivity (Wildman–Crippen MR) is 117 cm³/mol. The van der Waals surface area contributed by atoms with Crippen LogP contribution in [0.4, 0.5) is 5.13 Å². The maximum Gasteiger partial charge on any atom is 0.379 e. The van der Waals surface area contributed by atoms with Crippen molar-refractivity contribution in [1.29, 1.82) is 5.26 Å². The molecule has 13 heteroatoms. The second kappa shape index (κ2) is 10.1. The van der Waals surface area contributed by atoms with E-state index in [0.717, 1.165) is 0 Å². The molecule has 0 aliphatic heterocycles. The largest absolute Gasteiger partial charge is 0.493 e. The third kappa shape index (κ3) is 5.62. The first-order chi connectivity index (χ1) is 15.8. The molecule has 0 atom stereocenters. The fraction of sp³-hybridized carbons (Fsp3) is 0.150. The lowest BCUT2D eigenvalue weighted by atomic mass is 10.1. The van der Waals surface area contributed by atoms with Crippen LogP contribution in [0.1, 0.15) is 23.0 Å². The number of amides is 1. The Balaban J connectivity index is 1.78. The Morgan fingerprint density at radius 1 is 1.27 bits per heavy atom. The number of nitrogens with zero attached hydrogens (tertiary/aromatic N) is 3. The molecule has 0 saturated carbocycles. The molecule has 0 aliphatic carbocycles. The van der Waals surface area contributed by atoms with Crippen LogP contribution < -0.4 is 14.8 Å². The summed E-state index contributed by atoms with van der Waals surface area (Å²) in [7, 11) is -2.20. The van der Waals surface area contributed by atoms with E-state index in [1.807, 2.05) is 0 Å². The number of esters is 1. The van der Waals surface area contributed by atoms with Gasteiger partial charge in [-0.1, -0.05) is 24.3 Å². The Labute approximate surface area is 192 Å². The van der Waals surface area contributed by atoms with Gasteiger partial charge in [0.1, 0.15) is 11.6 Å². The molecule has 0 bridgehead atoms. The van der Waals surface area contributed by atoms with Gasteiger partial charge in [-0.2, -0.15) is 5.26 Å². The van der Waals surface area contributed by atoms with Gasteiger partial charge in [0.2, 0.25) is 25.1 Å². The highest BCUT2D eigenvalue weighted by Crippen LogP contribution is 2.30. The zero-order valence-corrected chi connectivity index (χ0v) is 18.9. The first-order valence-corrected chi connectivity index (χ1v) is 11.7. The van der Waals surface area contributed by atoms with E-state index in [9.17, 15) is 23.3 Å². The van der Waals surface area contributed by atoms with Crippen molar-refractivity contribution in [1.82, 2.24) is 10.2 Å². The van der Waals surface area contributed by atoms with E-state index in [1.165, 1.54) is 50.6 Å². The molecule has 11 nitrogen and oxygen atoms in total. The van der Waals surface area contributed by atoms with Crippen molar-refractivity contribution in [2.75, 3.05) is 18.2 Å². The summed E-state index contributed by atoms with van der Waals surface area (Å²) in [6, 6.07) is 9.17. The van der Waals surface area contributed by atoms with Gasteiger partial charge in [-0.25, -0.2) is 13.2 Å². The number of aromatic nitrogens is 2. The minimum Gasteiger partial charge on any atom is -0.493 e. The molecular formula is C20H16N4O7S2. The molecular weight excluding hydrogens is 472 g/mol. The Bertz CT molecular complexity index is 1350. The topological polar surface area (TPSA) is 161 Å². The van der Waals surface area contributed by atoms with Crippen molar-refractivity contribution < 1.29 is 31.9 Å². The molecule has 1 aromatic carbocycles. The van der Waals surface area contributed by atoms with Crippen molar-refractivity contribution in [2.24, 2.45) is 0 Å². The lowest BCUT2D eigenvalue weighted by Gasteiger charge is -2.09. The quantitative estimate of drug-likeness (QED) is 0.164. The Morgan fingerprint density at radius 2 is 2.06 bits per heavy atom. The van der Waals surface area contributed by atoms with Gasteiger partial charge in [-0.05, 0) is 35.9 Å². The highest BCUT2D eigenvalue weighted by Gasteiger charge is 2.20. The molecule has 0 saturated heterocycles. The van der Waals surface area contributed by atoms with Gasteiger partial charge in [0.25, 0.3) is 5.91 Å². The van der Waals surface area contributed by atoms with Crippen LogP contribution in [0.15, 0.2) is 50.9 Å². The summed E-state index contributed by atoms with van der Waals surface area (Å²) < 4.78 is 38.9. The van der Waals surface area contributed by atoms with E-state index in [4.69, 9.17) is 13.9 Å². The number of nitrogens with one attached hydrogen (secondary N) is 1. The van der Waals surface area contributed by atoms with Crippen LogP contribution in [0, 0.1) is 11.3 Å². The molecule has 170 valence electrons. The number of carbonyl (C=O) groups is 2. The molecule has 0 spiro atoms. The minimum absolute atomic E-state index is 0.0102. The van der Waals surface area contributed by atoms with Gasteiger partial charge in [0.05, 0.1) is 19.1 Å². The van der Waals surface area contributed by atoms with E-state index in [2.05, 4.69) is 15.5 Å². The van der Waals surface area contributed by atoms with Crippen LogP contribution in [-0.2, 0) is 14.6 Å². The van der Waals surface area contributed by atoms with E-state index in [-0.39, 0.29) is 38.1 Å². The zero-order valence-electron chi connectivity index (χ0n) is 17.3. The number of furan rings is 1. The zero-order chi connectivity index (χ0) is 24.0. The first-order valence-electron chi connectivity index (χ1n) is 9.20. The average molecular weight is 489 g/mol. The maximum absolute atomic E-state index is 12.5. The monoisotopic (exact) mass is 488 g/mol. The Hall–Kier alpha value is -4.02. The lowest BCUT2D eigenvalue weighted by Crippen LogP contribution is -2.13. The van der Waals surface area contributed by atoms with Crippen LogP contribution in [0.5, 0.6) is 11.5 Å². The average Bonchev–Trinajstić information content (AvgIpc) is 3.51. The number of methoxy groups -OCH3 is 1. The van der Waals surface area contributed by atoms with Crippen molar-refractivity contribution in [3.8, 4) is 17.6 Å². The fourth-order valence-electron chi connectivity index (χ4n) is 2.39. The second-order valence-electron chi connectivity index (χ2n) is 6.18. The third-order valence-electron chi connectivity index (χ3n) is 4.06. The van der Waals surface area contributed by atoms with Crippen LogP contribution in [0.2, 0.25) is 0 Å². The van der Waals surface area contributed by atoms with Crippen LogP contribution in [0.3, 0.4) is 0 Å². The number of ether oxygens (including phenoxy) is 2. The molecule has 0 fully saturated rings. The van der Waals surface area contributed by atoms with E-state index in [1.54, 1.807) is 12.1 Å². The van der Waals surface area contributed by atoms with Crippen molar-refractivity contribution in [2.45, 2.75) is 11.3 Å². The highest BCUT2D eigenvalue weighted by atomic mass is 32.2. The molecule has 3 aromatic rings. The van der Waals surface area contributed by atoms with Crippen molar-refractivity contribution in [3.63, 3.8) is 0 Å².